The van der Waals surface area contributed by atoms with Crippen molar-refractivity contribution in [1.82, 2.24) is 5.43 Å². The number of nitrogens with zero attached hydrogens (tertiary/aromatic N) is 1. The highest BCUT2D eigenvalue weighted by molar-refractivity contribution is 5.99. The van der Waals surface area contributed by atoms with Crippen LogP contribution in [0.1, 0.15) is 24.5 Å². The summed E-state index contributed by atoms with van der Waals surface area (Å²) < 4.78 is 0. The summed E-state index contributed by atoms with van der Waals surface area (Å²) in [7, 11) is 0. The number of hydrogen-bond acceptors (Lipinski definition) is 3. The van der Waals surface area contributed by atoms with Crippen LogP contribution in [0.25, 0.3) is 0 Å². The second-order valence-electron chi connectivity index (χ2n) is 4.84. The largest absolute Gasteiger partial charge is 0.399 e. The number of carbonyl (C=O) groups excluding carboxylic acids is 1. The Hall–Kier alpha value is -2.62. The van der Waals surface area contributed by atoms with Gasteiger partial charge in [-0.2, -0.15) is 5.10 Å². The van der Waals surface area contributed by atoms with Crippen LogP contribution in [0.2, 0.25) is 0 Å². The van der Waals surface area contributed by atoms with Gasteiger partial charge in [-0.3, -0.25) is 4.79 Å². The molecular formula is C17H19N3O. The molecule has 2 aromatic rings. The minimum Gasteiger partial charge on any atom is -0.399 e. The minimum atomic E-state index is -0.0953. The van der Waals surface area contributed by atoms with Crippen LogP contribution in [0.3, 0.4) is 0 Å². The fourth-order valence-corrected chi connectivity index (χ4v) is 1.93. The molecule has 2 aromatic carbocycles. The molecule has 108 valence electrons. The SMILES string of the molecule is C/C(=N/NC(=O)CCc1ccccc1)c1cccc(N)c1. The Morgan fingerprint density at radius 1 is 1.14 bits per heavy atom. The van der Waals surface area contributed by atoms with Crippen molar-refractivity contribution in [1.29, 1.82) is 0 Å². The van der Waals surface area contributed by atoms with Crippen molar-refractivity contribution in [2.45, 2.75) is 19.8 Å². The lowest BCUT2D eigenvalue weighted by Gasteiger charge is -2.04. The topological polar surface area (TPSA) is 67.5 Å². The Kier molecular flexibility index (Phi) is 5.10. The van der Waals surface area contributed by atoms with Crippen LogP contribution in [0.5, 0.6) is 0 Å². The van der Waals surface area contributed by atoms with Gasteiger partial charge < -0.3 is 5.73 Å². The molecule has 0 heterocycles. The summed E-state index contributed by atoms with van der Waals surface area (Å²) in [6.07, 6.45) is 1.12. The molecule has 4 heteroatoms. The third-order valence-electron chi connectivity index (χ3n) is 3.14. The van der Waals surface area contributed by atoms with E-state index in [1.54, 1.807) is 0 Å². The van der Waals surface area contributed by atoms with Crippen LogP contribution in [0, 0.1) is 0 Å². The van der Waals surface area contributed by atoms with Crippen LogP contribution in [-0.2, 0) is 11.2 Å². The number of nitrogen functional groups attached to an aromatic ring is 1. The first-order valence-electron chi connectivity index (χ1n) is 6.88. The van der Waals surface area contributed by atoms with E-state index in [0.29, 0.717) is 18.5 Å². The lowest BCUT2D eigenvalue weighted by atomic mass is 10.1. The van der Waals surface area contributed by atoms with Crippen LogP contribution in [0.4, 0.5) is 5.69 Å². The molecule has 0 aliphatic rings. The lowest BCUT2D eigenvalue weighted by Crippen LogP contribution is -2.19. The van der Waals surface area contributed by atoms with Gasteiger partial charge in [0.1, 0.15) is 0 Å². The normalized spacial score (nSPS) is 11.2. The molecule has 0 aliphatic heterocycles. The number of hydrogen-bond donors (Lipinski definition) is 2. The Balaban J connectivity index is 1.87. The number of nitrogens with two attached hydrogens (primary N) is 1. The van der Waals surface area contributed by atoms with Crippen molar-refractivity contribution in [3.8, 4) is 0 Å². The van der Waals surface area contributed by atoms with Crippen molar-refractivity contribution in [3.63, 3.8) is 0 Å². The van der Waals surface area contributed by atoms with E-state index in [1.807, 2.05) is 61.5 Å². The van der Waals surface area contributed by atoms with Gasteiger partial charge in [0, 0.05) is 12.1 Å². The van der Waals surface area contributed by atoms with E-state index in [9.17, 15) is 4.79 Å². The number of rotatable bonds is 5. The lowest BCUT2D eigenvalue weighted by molar-refractivity contribution is -0.121. The molecule has 0 aromatic heterocycles. The number of nitrogens with one attached hydrogen (secondary N) is 1. The van der Waals surface area contributed by atoms with Gasteiger partial charge in [-0.1, -0.05) is 42.5 Å². The summed E-state index contributed by atoms with van der Waals surface area (Å²) in [6.45, 7) is 1.84. The average molecular weight is 281 g/mol. The van der Waals surface area contributed by atoms with Crippen molar-refractivity contribution in [2.24, 2.45) is 5.10 Å². The average Bonchev–Trinajstić information content (AvgIpc) is 2.51. The Labute approximate surface area is 124 Å². The summed E-state index contributed by atoms with van der Waals surface area (Å²) in [4.78, 5) is 11.8. The highest BCUT2D eigenvalue weighted by Gasteiger charge is 2.02. The van der Waals surface area contributed by atoms with Gasteiger partial charge in [-0.05, 0) is 36.6 Å². The van der Waals surface area contributed by atoms with Crippen LogP contribution in [0.15, 0.2) is 59.7 Å². The zero-order valence-corrected chi connectivity index (χ0v) is 12.0. The van der Waals surface area contributed by atoms with E-state index >= 15 is 0 Å². The third-order valence-corrected chi connectivity index (χ3v) is 3.14. The fraction of sp³-hybridized carbons (Fsp3) is 0.176. The van der Waals surface area contributed by atoms with E-state index < -0.39 is 0 Å². The van der Waals surface area contributed by atoms with Crippen molar-refractivity contribution < 1.29 is 4.79 Å². The molecule has 0 radical (unpaired) electrons. The highest BCUT2D eigenvalue weighted by Crippen LogP contribution is 2.07. The number of amides is 1. The second kappa shape index (κ2) is 7.24. The maximum absolute atomic E-state index is 11.8. The molecule has 0 saturated heterocycles. The van der Waals surface area contributed by atoms with Gasteiger partial charge in [-0.15, -0.1) is 0 Å². The molecule has 0 bridgehead atoms. The molecule has 0 unspecified atom stereocenters. The minimum absolute atomic E-state index is 0.0953. The molecule has 0 spiro atoms. The number of aryl methyl sites for hydroxylation is 1. The van der Waals surface area contributed by atoms with E-state index in [-0.39, 0.29) is 5.91 Å². The van der Waals surface area contributed by atoms with Gasteiger partial charge in [0.15, 0.2) is 0 Å². The van der Waals surface area contributed by atoms with Gasteiger partial charge in [0.05, 0.1) is 5.71 Å². The van der Waals surface area contributed by atoms with Crippen LogP contribution in [-0.4, -0.2) is 11.6 Å². The smallest absolute Gasteiger partial charge is 0.240 e. The monoisotopic (exact) mass is 281 g/mol. The summed E-state index contributed by atoms with van der Waals surface area (Å²) in [6, 6.07) is 17.3. The predicted molar refractivity (Wildman–Crippen MR) is 86.0 cm³/mol. The maximum atomic E-state index is 11.8. The number of benzene rings is 2. The molecule has 0 aliphatic carbocycles. The van der Waals surface area contributed by atoms with Crippen molar-refractivity contribution >= 4 is 17.3 Å². The molecular weight excluding hydrogens is 262 g/mol. The van der Waals surface area contributed by atoms with Crippen molar-refractivity contribution in [3.05, 3.63) is 65.7 Å². The summed E-state index contributed by atoms with van der Waals surface area (Å²) in [5.74, 6) is -0.0953. The quantitative estimate of drug-likeness (QED) is 0.502. The molecule has 2 rings (SSSR count). The predicted octanol–water partition coefficient (Wildman–Crippen LogP) is 2.74. The van der Waals surface area contributed by atoms with Crippen molar-refractivity contribution in [2.75, 3.05) is 5.73 Å². The fourth-order valence-electron chi connectivity index (χ4n) is 1.93. The van der Waals surface area contributed by atoms with E-state index in [2.05, 4.69) is 10.5 Å². The first-order chi connectivity index (χ1) is 10.1. The molecule has 3 N–H and O–H groups in total. The zero-order valence-electron chi connectivity index (χ0n) is 12.0. The number of hydrazone groups is 1. The number of anilines is 1. The van der Waals surface area contributed by atoms with Gasteiger partial charge in [0.2, 0.25) is 5.91 Å². The van der Waals surface area contributed by atoms with Gasteiger partial charge in [-0.25, -0.2) is 5.43 Å². The standard InChI is InChI=1S/C17H19N3O/c1-13(15-8-5-9-16(18)12-15)19-20-17(21)11-10-14-6-3-2-4-7-14/h2-9,12H,10-11,18H2,1H3,(H,20,21)/b19-13-. The summed E-state index contributed by atoms with van der Waals surface area (Å²) >= 11 is 0. The zero-order chi connectivity index (χ0) is 15.1. The Morgan fingerprint density at radius 2 is 1.90 bits per heavy atom. The van der Waals surface area contributed by atoms with E-state index in [0.717, 1.165) is 16.8 Å². The second-order valence-corrected chi connectivity index (χ2v) is 4.84. The summed E-state index contributed by atoms with van der Waals surface area (Å²) in [5.41, 5.74) is 11.8. The summed E-state index contributed by atoms with van der Waals surface area (Å²) in [5, 5.41) is 4.11. The maximum Gasteiger partial charge on any atom is 0.240 e. The molecule has 1 amide bonds. The Morgan fingerprint density at radius 3 is 2.62 bits per heavy atom. The molecule has 0 saturated carbocycles. The van der Waals surface area contributed by atoms with Gasteiger partial charge in [0.25, 0.3) is 0 Å². The first kappa shape index (κ1) is 14.8. The molecule has 21 heavy (non-hydrogen) atoms. The van der Waals surface area contributed by atoms with Crippen LogP contribution >= 0.6 is 0 Å². The third kappa shape index (κ3) is 4.76. The Bertz CT molecular complexity index is 635. The number of carbonyl (C=O) groups is 1. The first-order valence-corrected chi connectivity index (χ1v) is 6.88. The van der Waals surface area contributed by atoms with E-state index in [4.69, 9.17) is 5.73 Å². The molecule has 0 fully saturated rings. The molecule has 4 nitrogen and oxygen atoms in total. The molecule has 0 atom stereocenters. The van der Waals surface area contributed by atoms with Crippen LogP contribution < -0.4 is 11.2 Å². The van der Waals surface area contributed by atoms with Gasteiger partial charge >= 0.3 is 0 Å². The van der Waals surface area contributed by atoms with E-state index in [1.165, 1.54) is 0 Å². The highest BCUT2D eigenvalue weighted by atomic mass is 16.2.